The van der Waals surface area contributed by atoms with Crippen LogP contribution >= 0.6 is 0 Å². The Labute approximate surface area is 554 Å². The topological polar surface area (TPSA) is 450 Å². The molecule has 0 aromatic heterocycles. The first-order chi connectivity index (χ1) is 45.8. The summed E-state index contributed by atoms with van der Waals surface area (Å²) in [5.74, 6) is -0.758. The number of aliphatic hydroxyl groups is 9. The Morgan fingerprint density at radius 2 is 0.926 bits per heavy atom. The zero-order chi connectivity index (χ0) is 69.1. The maximum atomic E-state index is 12.9. The van der Waals surface area contributed by atoms with E-state index in [4.69, 9.17) is 33.2 Å². The summed E-state index contributed by atoms with van der Waals surface area (Å²) in [4.78, 5) is 86.5. The van der Waals surface area contributed by atoms with Crippen LogP contribution in [0.3, 0.4) is 0 Å². The van der Waals surface area contributed by atoms with Crippen LogP contribution in [-0.4, -0.2) is 252 Å². The number of hydrogen-bond donors (Lipinski definition) is 16. The highest BCUT2D eigenvalue weighted by Gasteiger charge is 2.54. The molecule has 95 heavy (non-hydrogen) atoms. The van der Waals surface area contributed by atoms with Crippen molar-refractivity contribution in [3.63, 3.8) is 0 Å². The molecule has 2 aromatic carbocycles. The van der Waals surface area contributed by atoms with Gasteiger partial charge in [0.25, 0.3) is 11.8 Å². The van der Waals surface area contributed by atoms with E-state index in [0.29, 0.717) is 95.4 Å². The summed E-state index contributed by atoms with van der Waals surface area (Å²) in [5.41, 5.74) is 2.24. The van der Waals surface area contributed by atoms with Gasteiger partial charge < -0.3 is 116 Å². The third-order valence-electron chi connectivity index (χ3n) is 16.2. The van der Waals surface area contributed by atoms with Crippen LogP contribution < -0.4 is 42.0 Å². The molecule has 3 aliphatic heterocycles. The highest BCUT2D eigenvalue weighted by Crippen LogP contribution is 2.33. The molecule has 9 unspecified atom stereocenters. The van der Waals surface area contributed by atoms with Crippen LogP contribution in [0.2, 0.25) is 0 Å². The number of rotatable bonds is 44. The molecule has 536 valence electrons. The first kappa shape index (κ1) is 79.6. The van der Waals surface area contributed by atoms with Crippen molar-refractivity contribution in [1.82, 2.24) is 37.2 Å². The minimum Gasteiger partial charge on any atom is -0.484 e. The molecule has 30 heteroatoms. The molecule has 30 nitrogen and oxygen atoms in total. The fourth-order valence-electron chi connectivity index (χ4n) is 10.8. The predicted octanol–water partition coefficient (Wildman–Crippen LogP) is -1.31. The van der Waals surface area contributed by atoms with E-state index >= 15 is 0 Å². The first-order valence-corrected chi connectivity index (χ1v) is 33.3. The molecule has 0 bridgehead atoms. The number of aliphatic hydroxyl groups excluding tert-OH is 9. The van der Waals surface area contributed by atoms with Gasteiger partial charge in [-0.05, 0) is 99.6 Å². The maximum Gasteiger partial charge on any atom is 0.257 e. The molecule has 3 aliphatic rings. The summed E-state index contributed by atoms with van der Waals surface area (Å²) in [6.07, 6.45) is -12.1. The van der Waals surface area contributed by atoms with Crippen LogP contribution in [0.1, 0.15) is 140 Å². The van der Waals surface area contributed by atoms with Gasteiger partial charge in [0, 0.05) is 77.4 Å². The fourth-order valence-corrected chi connectivity index (χ4v) is 10.8. The molecule has 7 amide bonds. The van der Waals surface area contributed by atoms with Gasteiger partial charge in [-0.1, -0.05) is 56.9 Å². The Bertz CT molecular complexity index is 2610. The predicted molar refractivity (Wildman–Crippen MR) is 340 cm³/mol. The second kappa shape index (κ2) is 44.0. The molecule has 0 aliphatic carbocycles. The van der Waals surface area contributed by atoms with Crippen molar-refractivity contribution in [2.24, 2.45) is 0 Å². The van der Waals surface area contributed by atoms with Crippen molar-refractivity contribution < 1.29 is 113 Å². The van der Waals surface area contributed by atoms with Gasteiger partial charge in [-0.15, -0.1) is 0 Å². The van der Waals surface area contributed by atoms with Crippen molar-refractivity contribution in [2.75, 3.05) is 72.3 Å². The van der Waals surface area contributed by atoms with E-state index in [1.54, 1.807) is 18.2 Å². The van der Waals surface area contributed by atoms with Crippen LogP contribution in [0.5, 0.6) is 5.75 Å². The quantitative estimate of drug-likeness (QED) is 0.0343. The van der Waals surface area contributed by atoms with E-state index in [9.17, 15) is 79.5 Å². The van der Waals surface area contributed by atoms with Gasteiger partial charge in [-0.25, -0.2) is 0 Å². The molecule has 3 saturated heterocycles. The largest absolute Gasteiger partial charge is 0.484 e. The lowest BCUT2D eigenvalue weighted by Crippen LogP contribution is -2.68. The average Bonchev–Trinajstić information content (AvgIpc) is 0.788. The van der Waals surface area contributed by atoms with Crippen LogP contribution in [0.4, 0.5) is 0 Å². The lowest BCUT2D eigenvalue weighted by molar-refractivity contribution is -0.376. The standard InChI is InChI=1S/C65H103N7O23/c1-3-28-66-48(77)20-8-4-12-29-68-50(79)22-11-7-15-32-71-62(88)43-19-16-18-42(35-43)41-24-26-44(27-25-41)90-39-52(81)70-31-14-6-10-21-49(78)67-30-13-5-9-23-51(80)69-33-17-34-89-63-53(72-40(2)76)56(84)60(47(38-75)93-63)94-65-59(87)61(55(83)46(37-74)92-65)95-64-58(86)57(85)54(82)45(36-73)91-64/h16,18-19,24-27,35,45-47,53-61,63-65,73-75,82-87H,3-15,17,20-23,28-34,36-39H2,1-2H3,(H,66,77)(H,67,78)(H,68,79)(H,69,80)(H,70,81)(H,71,88)(H,72,76)/t45?,46?,47?,53?,54-,55-,56?,57?,58?,59?,60+,61?,63+,64+,65-/m0/s1. The van der Waals surface area contributed by atoms with E-state index in [0.717, 1.165) is 62.5 Å². The zero-order valence-electron chi connectivity index (χ0n) is 54.5. The number of unbranched alkanes of at least 4 members (excludes halogenated alkanes) is 8. The highest BCUT2D eigenvalue weighted by atomic mass is 16.8. The number of nitrogens with one attached hydrogen (secondary N) is 7. The SMILES string of the molecule is CCCNC(=O)CCCCCNC(=O)CCCCCNC(=O)c1cccc(-c2ccc(OCC(=O)NCCCCCC(=O)NCCCCCC(=O)NCCCO[C@@H]3OC(CO)[C@@H](O[C@@H]4OC(CO)[C@H](O)C(O[C@H]5OC(CO)[C@H](O)C(O)C5O)C4O)C(O)C3NC(C)=O)cc2)c1. The summed E-state index contributed by atoms with van der Waals surface area (Å²) in [6, 6.07) is 13.2. The Hall–Kier alpha value is -6.07. The van der Waals surface area contributed by atoms with Gasteiger partial charge in [0.05, 0.1) is 26.4 Å². The van der Waals surface area contributed by atoms with Gasteiger partial charge in [-0.3, -0.25) is 33.6 Å². The van der Waals surface area contributed by atoms with Crippen LogP contribution in [0.15, 0.2) is 48.5 Å². The molecule has 15 atom stereocenters. The maximum absolute atomic E-state index is 12.9. The van der Waals surface area contributed by atoms with Crippen molar-refractivity contribution >= 4 is 41.4 Å². The van der Waals surface area contributed by atoms with Gasteiger partial charge in [0.15, 0.2) is 25.5 Å². The van der Waals surface area contributed by atoms with Crippen LogP contribution in [0.25, 0.3) is 11.1 Å². The van der Waals surface area contributed by atoms with Crippen molar-refractivity contribution in [1.29, 1.82) is 0 Å². The minimum atomic E-state index is -1.97. The molecule has 0 radical (unpaired) electrons. The third kappa shape index (κ3) is 27.8. The van der Waals surface area contributed by atoms with E-state index < -0.39 is 118 Å². The van der Waals surface area contributed by atoms with Crippen LogP contribution in [0, 0.1) is 0 Å². The summed E-state index contributed by atoms with van der Waals surface area (Å²) in [5, 5.41) is 114. The molecule has 0 spiro atoms. The number of benzene rings is 2. The molecule has 5 rings (SSSR count). The zero-order valence-corrected chi connectivity index (χ0v) is 54.5. The Balaban J connectivity index is 0.861. The Kier molecular flexibility index (Phi) is 36.9. The first-order valence-electron chi connectivity index (χ1n) is 33.3. The number of hydrogen-bond acceptors (Lipinski definition) is 23. The number of ether oxygens (including phenoxy) is 7. The van der Waals surface area contributed by atoms with Gasteiger partial charge in [-0.2, -0.15) is 0 Å². The van der Waals surface area contributed by atoms with Crippen molar-refractivity contribution in [3.05, 3.63) is 54.1 Å². The minimum absolute atomic E-state index is 0.0129. The molecule has 3 fully saturated rings. The van der Waals surface area contributed by atoms with Gasteiger partial charge in [0.2, 0.25) is 29.5 Å². The Morgan fingerprint density at radius 3 is 1.45 bits per heavy atom. The lowest BCUT2D eigenvalue weighted by Gasteiger charge is -2.48. The number of amides is 7. The monoisotopic (exact) mass is 1350 g/mol. The number of carbonyl (C=O) groups is 7. The average molecular weight is 1350 g/mol. The summed E-state index contributed by atoms with van der Waals surface area (Å²) in [7, 11) is 0. The third-order valence-corrected chi connectivity index (χ3v) is 16.2. The molecular formula is C65H103N7O23. The van der Waals surface area contributed by atoms with Gasteiger partial charge in [0.1, 0.15) is 78.9 Å². The van der Waals surface area contributed by atoms with Crippen LogP contribution in [-0.2, 0) is 57.2 Å². The molecule has 2 aromatic rings. The lowest BCUT2D eigenvalue weighted by atomic mass is 9.95. The van der Waals surface area contributed by atoms with E-state index in [1.807, 2.05) is 37.3 Å². The second-order valence-corrected chi connectivity index (χ2v) is 23.9. The van der Waals surface area contributed by atoms with E-state index in [-0.39, 0.29) is 68.0 Å². The normalized spacial score (nSPS) is 25.8. The van der Waals surface area contributed by atoms with Crippen molar-refractivity contribution in [3.8, 4) is 16.9 Å². The molecular weight excluding hydrogens is 1250 g/mol. The van der Waals surface area contributed by atoms with E-state index in [2.05, 4.69) is 37.2 Å². The summed E-state index contributed by atoms with van der Waals surface area (Å²) in [6.45, 7) is 3.42. The fraction of sp³-hybridized carbons (Fsp3) is 0.708. The van der Waals surface area contributed by atoms with E-state index in [1.165, 1.54) is 6.92 Å². The molecule has 16 N–H and O–H groups in total. The Morgan fingerprint density at radius 1 is 0.453 bits per heavy atom. The highest BCUT2D eigenvalue weighted by molar-refractivity contribution is 5.95. The summed E-state index contributed by atoms with van der Waals surface area (Å²) < 4.78 is 39.9. The number of carbonyl (C=O) groups excluding carboxylic acids is 7. The smallest absolute Gasteiger partial charge is 0.257 e. The summed E-state index contributed by atoms with van der Waals surface area (Å²) >= 11 is 0. The van der Waals surface area contributed by atoms with Crippen molar-refractivity contribution in [2.45, 2.75) is 221 Å². The molecule has 0 saturated carbocycles. The molecule has 3 heterocycles. The van der Waals surface area contributed by atoms with Gasteiger partial charge >= 0.3 is 0 Å². The second-order valence-electron chi connectivity index (χ2n) is 23.9.